The number of aromatic nitrogens is 4. The molecule has 6 nitrogen and oxygen atoms in total. The number of aromatic amines is 1. The number of H-pyrrole nitrogens is 1. The molecule has 90 valence electrons. The van der Waals surface area contributed by atoms with Crippen LogP contribution in [-0.2, 0) is 9.53 Å². The zero-order chi connectivity index (χ0) is 12.3. The van der Waals surface area contributed by atoms with Crippen LogP contribution in [0, 0.1) is 0 Å². The van der Waals surface area contributed by atoms with Crippen molar-refractivity contribution < 1.29 is 9.53 Å². The zero-order valence-corrected chi connectivity index (χ0v) is 10.3. The van der Waals surface area contributed by atoms with Crippen LogP contribution in [0.15, 0.2) is 17.6 Å². The fraction of sp³-hybridized carbons (Fsp3) is 0.400. The molecule has 0 saturated carbocycles. The summed E-state index contributed by atoms with van der Waals surface area (Å²) in [5, 5.41) is 7.89. The van der Waals surface area contributed by atoms with Crippen LogP contribution < -0.4 is 0 Å². The van der Waals surface area contributed by atoms with Crippen LogP contribution in [0.4, 0.5) is 0 Å². The Kier molecular flexibility index (Phi) is 3.58. The van der Waals surface area contributed by atoms with Gasteiger partial charge in [0.15, 0.2) is 5.65 Å². The number of carbonyl (C=O) groups excluding carboxylic acids is 1. The largest absolute Gasteiger partial charge is 0.465 e. The van der Waals surface area contributed by atoms with Gasteiger partial charge in [0.2, 0.25) is 0 Å². The second-order valence-corrected chi connectivity index (χ2v) is 4.65. The van der Waals surface area contributed by atoms with Crippen molar-refractivity contribution in [2.45, 2.75) is 24.1 Å². The Morgan fingerprint density at radius 1 is 1.59 bits per heavy atom. The predicted octanol–water partition coefficient (Wildman–Crippen LogP) is 1.40. The maximum absolute atomic E-state index is 11.5. The van der Waals surface area contributed by atoms with E-state index in [4.69, 9.17) is 4.74 Å². The van der Waals surface area contributed by atoms with E-state index in [0.717, 1.165) is 10.4 Å². The number of rotatable bonds is 4. The van der Waals surface area contributed by atoms with Crippen LogP contribution in [0.25, 0.3) is 11.0 Å². The van der Waals surface area contributed by atoms with E-state index in [1.807, 2.05) is 0 Å². The van der Waals surface area contributed by atoms with E-state index < -0.39 is 0 Å². The Morgan fingerprint density at radius 3 is 3.18 bits per heavy atom. The highest BCUT2D eigenvalue weighted by molar-refractivity contribution is 8.00. The van der Waals surface area contributed by atoms with Crippen molar-refractivity contribution in [1.29, 1.82) is 0 Å². The molecule has 0 spiro atoms. The van der Waals surface area contributed by atoms with Gasteiger partial charge in [-0.15, -0.1) is 0 Å². The highest BCUT2D eigenvalue weighted by atomic mass is 32.2. The molecule has 0 aliphatic carbocycles. The molecule has 0 aromatic carbocycles. The molecular formula is C10H12N4O2S. The van der Waals surface area contributed by atoms with Crippen molar-refractivity contribution >= 4 is 28.8 Å². The third kappa shape index (κ3) is 2.55. The molecule has 0 radical (unpaired) electrons. The molecule has 1 N–H and O–H groups in total. The van der Waals surface area contributed by atoms with Gasteiger partial charge in [0.05, 0.1) is 18.2 Å². The van der Waals surface area contributed by atoms with Crippen molar-refractivity contribution in [3.05, 3.63) is 12.5 Å². The molecule has 2 rings (SSSR count). The van der Waals surface area contributed by atoms with E-state index in [1.165, 1.54) is 18.1 Å². The lowest BCUT2D eigenvalue weighted by atomic mass is 10.4. The summed E-state index contributed by atoms with van der Waals surface area (Å²) >= 11 is 1.34. The molecule has 0 fully saturated rings. The van der Waals surface area contributed by atoms with E-state index in [0.29, 0.717) is 12.3 Å². The second kappa shape index (κ2) is 5.13. The number of nitrogens with zero attached hydrogens (tertiary/aromatic N) is 3. The lowest BCUT2D eigenvalue weighted by Crippen LogP contribution is -2.16. The van der Waals surface area contributed by atoms with Crippen LogP contribution >= 0.6 is 11.8 Å². The van der Waals surface area contributed by atoms with Crippen LogP contribution in [0.3, 0.4) is 0 Å². The summed E-state index contributed by atoms with van der Waals surface area (Å²) in [5.41, 5.74) is 0.665. The average Bonchev–Trinajstić information content (AvgIpc) is 2.78. The number of ether oxygens (including phenoxy) is 1. The van der Waals surface area contributed by atoms with E-state index >= 15 is 0 Å². The van der Waals surface area contributed by atoms with Gasteiger partial charge >= 0.3 is 5.97 Å². The van der Waals surface area contributed by atoms with Crippen LogP contribution in [-0.4, -0.2) is 38.0 Å². The first-order chi connectivity index (χ1) is 8.22. The van der Waals surface area contributed by atoms with Crippen LogP contribution in [0.1, 0.15) is 13.8 Å². The third-order valence-corrected chi connectivity index (χ3v) is 3.21. The minimum absolute atomic E-state index is 0.243. The van der Waals surface area contributed by atoms with Gasteiger partial charge in [-0.05, 0) is 13.8 Å². The molecule has 0 bridgehead atoms. The van der Waals surface area contributed by atoms with Gasteiger partial charge in [-0.1, -0.05) is 11.8 Å². The molecule has 2 heterocycles. The number of esters is 1. The molecule has 17 heavy (non-hydrogen) atoms. The topological polar surface area (TPSA) is 80.8 Å². The lowest BCUT2D eigenvalue weighted by Gasteiger charge is -2.09. The zero-order valence-electron chi connectivity index (χ0n) is 9.51. The Labute approximate surface area is 102 Å². The van der Waals surface area contributed by atoms with Crippen molar-refractivity contribution in [3.8, 4) is 0 Å². The van der Waals surface area contributed by atoms with Gasteiger partial charge in [0, 0.05) is 0 Å². The second-order valence-electron chi connectivity index (χ2n) is 3.32. The first-order valence-corrected chi connectivity index (χ1v) is 6.07. The van der Waals surface area contributed by atoms with Gasteiger partial charge in [-0.25, -0.2) is 9.97 Å². The third-order valence-electron chi connectivity index (χ3n) is 2.12. The summed E-state index contributed by atoms with van der Waals surface area (Å²) in [5.74, 6) is -0.243. The van der Waals surface area contributed by atoms with Crippen LogP contribution in [0.2, 0.25) is 0 Å². The molecule has 0 saturated heterocycles. The summed E-state index contributed by atoms with van der Waals surface area (Å²) in [6, 6.07) is 0. The van der Waals surface area contributed by atoms with Crippen molar-refractivity contribution in [2.75, 3.05) is 6.61 Å². The van der Waals surface area contributed by atoms with Crippen LogP contribution in [0.5, 0.6) is 0 Å². The maximum atomic E-state index is 11.5. The smallest absolute Gasteiger partial charge is 0.319 e. The van der Waals surface area contributed by atoms with E-state index in [-0.39, 0.29) is 11.2 Å². The molecule has 7 heteroatoms. The molecular weight excluding hydrogens is 240 g/mol. The molecule has 1 unspecified atom stereocenters. The fourth-order valence-corrected chi connectivity index (χ4v) is 2.20. The number of thioether (sulfide) groups is 1. The molecule has 2 aromatic heterocycles. The Bertz CT molecular complexity index is 528. The maximum Gasteiger partial charge on any atom is 0.319 e. The minimum atomic E-state index is -0.303. The van der Waals surface area contributed by atoms with Gasteiger partial charge in [-0.3, -0.25) is 9.89 Å². The highest BCUT2D eigenvalue weighted by Gasteiger charge is 2.18. The van der Waals surface area contributed by atoms with Crippen molar-refractivity contribution in [3.63, 3.8) is 0 Å². The Morgan fingerprint density at radius 2 is 2.41 bits per heavy atom. The Balaban J connectivity index is 2.18. The SMILES string of the molecule is CCOC(=O)C(C)Sc1ncnc2[nH]ncc12. The quantitative estimate of drug-likeness (QED) is 0.503. The highest BCUT2D eigenvalue weighted by Crippen LogP contribution is 2.27. The first kappa shape index (κ1) is 11.8. The fourth-order valence-electron chi connectivity index (χ4n) is 1.31. The first-order valence-electron chi connectivity index (χ1n) is 5.19. The normalized spacial score (nSPS) is 12.6. The Hall–Kier alpha value is -1.63. The minimum Gasteiger partial charge on any atom is -0.465 e. The van der Waals surface area contributed by atoms with Gasteiger partial charge in [0.1, 0.15) is 16.6 Å². The van der Waals surface area contributed by atoms with E-state index in [2.05, 4.69) is 20.2 Å². The summed E-state index contributed by atoms with van der Waals surface area (Å²) < 4.78 is 4.94. The molecule has 0 aliphatic heterocycles. The van der Waals surface area contributed by atoms with E-state index in [1.54, 1.807) is 20.0 Å². The average molecular weight is 252 g/mol. The van der Waals surface area contributed by atoms with Crippen molar-refractivity contribution in [2.24, 2.45) is 0 Å². The number of hydrogen-bond donors (Lipinski definition) is 1. The molecule has 1 atom stereocenters. The summed E-state index contributed by atoms with van der Waals surface area (Å²) in [6.45, 7) is 3.96. The summed E-state index contributed by atoms with van der Waals surface area (Å²) in [6.07, 6.45) is 3.09. The van der Waals surface area contributed by atoms with E-state index in [9.17, 15) is 4.79 Å². The van der Waals surface area contributed by atoms with Gasteiger partial charge in [-0.2, -0.15) is 5.10 Å². The molecule has 0 aliphatic rings. The molecule has 0 amide bonds. The van der Waals surface area contributed by atoms with Gasteiger partial charge < -0.3 is 4.74 Å². The lowest BCUT2D eigenvalue weighted by molar-refractivity contribution is -0.142. The standard InChI is InChI=1S/C10H12N4O2S/c1-3-16-10(15)6(2)17-9-7-4-13-14-8(7)11-5-12-9/h4-6H,3H2,1-2H3,(H,11,12,13,14). The monoisotopic (exact) mass is 252 g/mol. The molecule has 2 aromatic rings. The van der Waals surface area contributed by atoms with Crippen molar-refractivity contribution in [1.82, 2.24) is 20.2 Å². The summed E-state index contributed by atoms with van der Waals surface area (Å²) in [7, 11) is 0. The number of nitrogens with one attached hydrogen (secondary N) is 1. The van der Waals surface area contributed by atoms with Gasteiger partial charge in [0.25, 0.3) is 0 Å². The number of fused-ring (bicyclic) bond motifs is 1. The predicted molar refractivity (Wildman–Crippen MR) is 63.6 cm³/mol. The summed E-state index contributed by atoms with van der Waals surface area (Å²) in [4.78, 5) is 19.7. The number of carbonyl (C=O) groups is 1. The number of hydrogen-bond acceptors (Lipinski definition) is 6.